The summed E-state index contributed by atoms with van der Waals surface area (Å²) >= 11 is 1.53. The molecule has 0 aliphatic carbocycles. The number of nitrogens with two attached hydrogens (primary N) is 1. The Kier molecular flexibility index (Phi) is 3.53. The van der Waals surface area contributed by atoms with E-state index >= 15 is 0 Å². The molecule has 0 unspecified atom stereocenters. The van der Waals surface area contributed by atoms with Crippen LogP contribution in [0.4, 0.5) is 5.82 Å². The molecule has 1 amide bonds. The maximum Gasteiger partial charge on any atom is 0.257 e. The van der Waals surface area contributed by atoms with Gasteiger partial charge < -0.3 is 11.1 Å². The molecule has 0 spiro atoms. The molecular formula is C13H16N4OS. The molecule has 2 heterocycles. The molecule has 0 fully saturated rings. The van der Waals surface area contributed by atoms with E-state index < -0.39 is 0 Å². The molecule has 19 heavy (non-hydrogen) atoms. The first kappa shape index (κ1) is 13.5. The fourth-order valence-electron chi connectivity index (χ4n) is 1.50. The third-order valence-electron chi connectivity index (χ3n) is 2.29. The number of amides is 1. The number of carbonyl (C=O) groups excluding carboxylic acids is 1. The number of nitrogens with one attached hydrogen (secondary N) is 1. The van der Waals surface area contributed by atoms with Crippen molar-refractivity contribution in [2.45, 2.75) is 26.3 Å². The predicted molar refractivity (Wildman–Crippen MR) is 77.0 cm³/mol. The van der Waals surface area contributed by atoms with Gasteiger partial charge in [-0.1, -0.05) is 6.07 Å². The van der Waals surface area contributed by atoms with Gasteiger partial charge in [0.1, 0.15) is 5.82 Å². The highest BCUT2D eigenvalue weighted by molar-refractivity contribution is 7.13. The van der Waals surface area contributed by atoms with E-state index in [0.717, 1.165) is 4.88 Å². The van der Waals surface area contributed by atoms with Gasteiger partial charge in [0.15, 0.2) is 5.82 Å². The number of thiophene rings is 1. The second kappa shape index (κ2) is 4.97. The Morgan fingerprint density at radius 1 is 1.42 bits per heavy atom. The summed E-state index contributed by atoms with van der Waals surface area (Å²) < 4.78 is 0. The van der Waals surface area contributed by atoms with E-state index in [0.29, 0.717) is 11.4 Å². The largest absolute Gasteiger partial charge is 0.383 e. The molecule has 6 heteroatoms. The SMILES string of the molecule is CC(C)(C)NC(=O)c1cnc(-c2cccs2)nc1N. The number of aromatic nitrogens is 2. The van der Waals surface area contributed by atoms with Crippen molar-refractivity contribution in [3.05, 3.63) is 29.3 Å². The summed E-state index contributed by atoms with van der Waals surface area (Å²) in [5.74, 6) is 0.475. The third-order valence-corrected chi connectivity index (χ3v) is 3.16. The molecule has 0 atom stereocenters. The van der Waals surface area contributed by atoms with E-state index in [9.17, 15) is 4.79 Å². The molecule has 2 aromatic rings. The first-order valence-electron chi connectivity index (χ1n) is 5.86. The van der Waals surface area contributed by atoms with E-state index in [-0.39, 0.29) is 17.3 Å². The van der Waals surface area contributed by atoms with Crippen LogP contribution < -0.4 is 11.1 Å². The first-order valence-corrected chi connectivity index (χ1v) is 6.74. The average Bonchev–Trinajstić information content (AvgIpc) is 2.79. The third kappa shape index (κ3) is 3.29. The van der Waals surface area contributed by atoms with Crippen molar-refractivity contribution in [2.24, 2.45) is 0 Å². The highest BCUT2D eigenvalue weighted by Crippen LogP contribution is 2.22. The van der Waals surface area contributed by atoms with Gasteiger partial charge in [-0.3, -0.25) is 4.79 Å². The topological polar surface area (TPSA) is 80.9 Å². The van der Waals surface area contributed by atoms with Crippen LogP contribution in [0.25, 0.3) is 10.7 Å². The number of hydrogen-bond donors (Lipinski definition) is 2. The number of hydrogen-bond acceptors (Lipinski definition) is 5. The van der Waals surface area contributed by atoms with E-state index in [4.69, 9.17) is 5.73 Å². The van der Waals surface area contributed by atoms with Crippen molar-refractivity contribution >= 4 is 23.1 Å². The number of rotatable bonds is 2. The summed E-state index contributed by atoms with van der Waals surface area (Å²) in [6.07, 6.45) is 1.47. The molecule has 5 nitrogen and oxygen atoms in total. The van der Waals surface area contributed by atoms with Crippen molar-refractivity contribution in [2.75, 3.05) is 5.73 Å². The fraction of sp³-hybridized carbons (Fsp3) is 0.308. The second-order valence-electron chi connectivity index (χ2n) is 5.17. The minimum absolute atomic E-state index is 0.195. The number of nitrogen functional groups attached to an aromatic ring is 1. The molecule has 0 saturated carbocycles. The summed E-state index contributed by atoms with van der Waals surface area (Å²) in [7, 11) is 0. The van der Waals surface area contributed by atoms with Crippen molar-refractivity contribution in [3.8, 4) is 10.7 Å². The van der Waals surface area contributed by atoms with E-state index in [2.05, 4.69) is 15.3 Å². The molecule has 0 bridgehead atoms. The maximum absolute atomic E-state index is 12.0. The van der Waals surface area contributed by atoms with Crippen LogP contribution >= 0.6 is 11.3 Å². The minimum Gasteiger partial charge on any atom is -0.383 e. The van der Waals surface area contributed by atoms with E-state index in [1.54, 1.807) is 0 Å². The van der Waals surface area contributed by atoms with Crippen LogP contribution in [0, 0.1) is 0 Å². The van der Waals surface area contributed by atoms with Crippen LogP contribution in [0.1, 0.15) is 31.1 Å². The molecule has 0 aromatic carbocycles. The Hall–Kier alpha value is -1.95. The van der Waals surface area contributed by atoms with Crippen molar-refractivity contribution in [1.29, 1.82) is 0 Å². The Morgan fingerprint density at radius 3 is 2.68 bits per heavy atom. The van der Waals surface area contributed by atoms with Crippen LogP contribution in [0.5, 0.6) is 0 Å². The Labute approximate surface area is 115 Å². The van der Waals surface area contributed by atoms with Gasteiger partial charge in [0.2, 0.25) is 0 Å². The van der Waals surface area contributed by atoms with Crippen molar-refractivity contribution in [1.82, 2.24) is 15.3 Å². The predicted octanol–water partition coefficient (Wildman–Crippen LogP) is 2.32. The smallest absolute Gasteiger partial charge is 0.257 e. The van der Waals surface area contributed by atoms with Crippen molar-refractivity contribution < 1.29 is 4.79 Å². The van der Waals surface area contributed by atoms with Gasteiger partial charge in [-0.25, -0.2) is 9.97 Å². The van der Waals surface area contributed by atoms with Crippen LogP contribution in [0.2, 0.25) is 0 Å². The summed E-state index contributed by atoms with van der Waals surface area (Å²) in [5.41, 5.74) is 5.82. The second-order valence-corrected chi connectivity index (χ2v) is 6.12. The van der Waals surface area contributed by atoms with E-state index in [1.807, 2.05) is 38.3 Å². The monoisotopic (exact) mass is 276 g/mol. The van der Waals surface area contributed by atoms with Crippen LogP contribution in [-0.4, -0.2) is 21.4 Å². The summed E-state index contributed by atoms with van der Waals surface area (Å²) in [5, 5.41) is 4.77. The quantitative estimate of drug-likeness (QED) is 0.882. The fourth-order valence-corrected chi connectivity index (χ4v) is 2.17. The van der Waals surface area contributed by atoms with Crippen LogP contribution in [-0.2, 0) is 0 Å². The Morgan fingerprint density at radius 2 is 2.16 bits per heavy atom. The van der Waals surface area contributed by atoms with Gasteiger partial charge in [0.05, 0.1) is 10.4 Å². The molecule has 0 aliphatic rings. The average molecular weight is 276 g/mol. The maximum atomic E-state index is 12.0. The standard InChI is InChI=1S/C13H16N4OS/c1-13(2,3)17-12(18)8-7-15-11(16-10(8)14)9-5-4-6-19-9/h4-7H,1-3H3,(H,17,18)(H2,14,15,16). The first-order chi connectivity index (χ1) is 8.87. The lowest BCUT2D eigenvalue weighted by molar-refractivity contribution is 0.0920. The summed E-state index contributed by atoms with van der Waals surface area (Å²) in [6, 6.07) is 3.83. The normalized spacial score (nSPS) is 11.3. The molecule has 0 radical (unpaired) electrons. The lowest BCUT2D eigenvalue weighted by Gasteiger charge is -2.20. The summed E-state index contributed by atoms with van der Waals surface area (Å²) in [6.45, 7) is 5.71. The number of nitrogens with zero attached hydrogens (tertiary/aromatic N) is 2. The van der Waals surface area contributed by atoms with Crippen LogP contribution in [0.15, 0.2) is 23.7 Å². The molecule has 0 aliphatic heterocycles. The van der Waals surface area contributed by atoms with Gasteiger partial charge in [-0.2, -0.15) is 0 Å². The highest BCUT2D eigenvalue weighted by atomic mass is 32.1. The summed E-state index contributed by atoms with van der Waals surface area (Å²) in [4.78, 5) is 21.3. The molecule has 100 valence electrons. The Bertz CT molecular complexity index is 587. The van der Waals surface area contributed by atoms with Gasteiger partial charge in [0, 0.05) is 11.7 Å². The zero-order valence-electron chi connectivity index (χ0n) is 11.1. The zero-order chi connectivity index (χ0) is 14.0. The lowest BCUT2D eigenvalue weighted by atomic mass is 10.1. The number of anilines is 1. The van der Waals surface area contributed by atoms with Gasteiger partial charge in [-0.05, 0) is 32.2 Å². The molecule has 3 N–H and O–H groups in total. The highest BCUT2D eigenvalue weighted by Gasteiger charge is 2.19. The molecule has 2 rings (SSSR count). The van der Waals surface area contributed by atoms with Gasteiger partial charge in [-0.15, -0.1) is 11.3 Å². The molecule has 2 aromatic heterocycles. The van der Waals surface area contributed by atoms with Gasteiger partial charge in [0.25, 0.3) is 5.91 Å². The zero-order valence-corrected chi connectivity index (χ0v) is 11.9. The number of carbonyl (C=O) groups is 1. The van der Waals surface area contributed by atoms with Crippen molar-refractivity contribution in [3.63, 3.8) is 0 Å². The van der Waals surface area contributed by atoms with Crippen LogP contribution in [0.3, 0.4) is 0 Å². The van der Waals surface area contributed by atoms with Gasteiger partial charge >= 0.3 is 0 Å². The molecule has 0 saturated heterocycles. The molecular weight excluding hydrogens is 260 g/mol. The minimum atomic E-state index is -0.323. The van der Waals surface area contributed by atoms with E-state index in [1.165, 1.54) is 17.5 Å². The lowest BCUT2D eigenvalue weighted by Crippen LogP contribution is -2.41. The Balaban J connectivity index is 2.27.